The summed E-state index contributed by atoms with van der Waals surface area (Å²) in [7, 11) is 0. The van der Waals surface area contributed by atoms with E-state index in [1.54, 1.807) is 0 Å². The number of ether oxygens (including phenoxy) is 1. The molecule has 1 amide bonds. The van der Waals surface area contributed by atoms with Crippen molar-refractivity contribution in [2.24, 2.45) is 0 Å². The van der Waals surface area contributed by atoms with Crippen molar-refractivity contribution >= 4 is 34.2 Å². The summed E-state index contributed by atoms with van der Waals surface area (Å²) >= 11 is 2.21. The molecular weight excluding hydrogens is 371 g/mol. The molecule has 1 aromatic rings. The van der Waals surface area contributed by atoms with Gasteiger partial charge >= 0.3 is 0 Å². The Bertz CT molecular complexity index is 469. The van der Waals surface area contributed by atoms with Gasteiger partial charge in [0.1, 0.15) is 0 Å². The smallest absolute Gasteiger partial charge is 0.238 e. The quantitative estimate of drug-likeness (QED) is 0.762. The number of carbonyl (C=O) groups is 1. The van der Waals surface area contributed by atoms with E-state index >= 15 is 0 Å². The second kappa shape index (κ2) is 7.35. The first-order valence-corrected chi connectivity index (χ1v) is 7.69. The van der Waals surface area contributed by atoms with Gasteiger partial charge < -0.3 is 15.2 Å². The highest BCUT2D eigenvalue weighted by molar-refractivity contribution is 14.1. The fourth-order valence-electron chi connectivity index (χ4n) is 2.34. The third kappa shape index (κ3) is 4.69. The lowest BCUT2D eigenvalue weighted by atomic mass is 10.2. The molecule has 20 heavy (non-hydrogen) atoms. The first-order valence-electron chi connectivity index (χ1n) is 6.61. The molecule has 1 aromatic carbocycles. The number of hydrogen-bond donors (Lipinski definition) is 2. The molecule has 0 aromatic heterocycles. The van der Waals surface area contributed by atoms with Crippen LogP contribution in [-0.4, -0.2) is 54.4 Å². The highest BCUT2D eigenvalue weighted by Crippen LogP contribution is 2.13. The van der Waals surface area contributed by atoms with Crippen LogP contribution in [0.3, 0.4) is 0 Å². The second-order valence-electron chi connectivity index (χ2n) is 5.00. The molecule has 0 bridgehead atoms. The zero-order valence-corrected chi connectivity index (χ0v) is 13.5. The number of aliphatic hydroxyl groups is 1. The van der Waals surface area contributed by atoms with Crippen LogP contribution in [0.25, 0.3) is 0 Å². The lowest BCUT2D eigenvalue weighted by molar-refractivity contribution is -0.124. The van der Waals surface area contributed by atoms with E-state index in [-0.39, 0.29) is 24.7 Å². The number of nitrogens with zero attached hydrogens (tertiary/aromatic N) is 1. The topological polar surface area (TPSA) is 61.8 Å². The summed E-state index contributed by atoms with van der Waals surface area (Å²) in [5.74, 6) is -0.0437. The van der Waals surface area contributed by atoms with Crippen molar-refractivity contribution < 1.29 is 14.6 Å². The fraction of sp³-hybridized carbons (Fsp3) is 0.500. The average Bonchev–Trinajstić information content (AvgIpc) is 2.37. The second-order valence-corrected chi connectivity index (χ2v) is 6.25. The SMILES string of the molecule is CC1CN(CC(=O)Nc2cccc(I)c2)CC(CO)O1. The maximum absolute atomic E-state index is 12.0. The van der Waals surface area contributed by atoms with E-state index in [1.165, 1.54) is 0 Å². The van der Waals surface area contributed by atoms with Gasteiger partial charge in [0.2, 0.25) is 5.91 Å². The Balaban J connectivity index is 1.87. The minimum Gasteiger partial charge on any atom is -0.394 e. The summed E-state index contributed by atoms with van der Waals surface area (Å²) in [6, 6.07) is 7.69. The van der Waals surface area contributed by atoms with Crippen LogP contribution >= 0.6 is 22.6 Å². The van der Waals surface area contributed by atoms with Gasteiger partial charge in [-0.2, -0.15) is 0 Å². The van der Waals surface area contributed by atoms with Gasteiger partial charge in [-0.05, 0) is 47.7 Å². The zero-order valence-electron chi connectivity index (χ0n) is 11.4. The molecule has 1 aliphatic rings. The standard InChI is InChI=1S/C14H19IN2O3/c1-10-6-17(7-13(9-18)20-10)8-14(19)16-12-4-2-3-11(15)5-12/h2-5,10,13,18H,6-9H2,1H3,(H,16,19). The highest BCUT2D eigenvalue weighted by Gasteiger charge is 2.25. The normalized spacial score (nSPS) is 23.6. The van der Waals surface area contributed by atoms with Crippen molar-refractivity contribution in [3.8, 4) is 0 Å². The molecule has 0 saturated carbocycles. The van der Waals surface area contributed by atoms with Crippen molar-refractivity contribution in [2.45, 2.75) is 19.1 Å². The molecule has 0 spiro atoms. The molecule has 1 aliphatic heterocycles. The number of amides is 1. The van der Waals surface area contributed by atoms with Crippen LogP contribution in [0.4, 0.5) is 5.69 Å². The highest BCUT2D eigenvalue weighted by atomic mass is 127. The molecular formula is C14H19IN2O3. The minimum atomic E-state index is -0.204. The number of anilines is 1. The maximum Gasteiger partial charge on any atom is 0.238 e. The van der Waals surface area contributed by atoms with Gasteiger partial charge in [-0.15, -0.1) is 0 Å². The number of hydrogen-bond acceptors (Lipinski definition) is 4. The van der Waals surface area contributed by atoms with Crippen LogP contribution in [0.5, 0.6) is 0 Å². The predicted molar refractivity (Wildman–Crippen MR) is 85.6 cm³/mol. The number of morpholine rings is 1. The Morgan fingerprint density at radius 3 is 3.05 bits per heavy atom. The summed E-state index contributed by atoms with van der Waals surface area (Å²) in [6.07, 6.45) is -0.171. The number of benzene rings is 1. The van der Waals surface area contributed by atoms with Gasteiger partial charge in [-0.25, -0.2) is 0 Å². The molecule has 110 valence electrons. The van der Waals surface area contributed by atoms with Crippen molar-refractivity contribution in [1.29, 1.82) is 0 Å². The molecule has 1 heterocycles. The van der Waals surface area contributed by atoms with Crippen LogP contribution in [0.1, 0.15) is 6.92 Å². The third-order valence-corrected chi connectivity index (χ3v) is 3.75. The van der Waals surface area contributed by atoms with Gasteiger partial charge in [-0.3, -0.25) is 9.69 Å². The average molecular weight is 390 g/mol. The minimum absolute atomic E-state index is 0.0145. The van der Waals surface area contributed by atoms with E-state index in [0.29, 0.717) is 19.6 Å². The number of nitrogens with one attached hydrogen (secondary N) is 1. The van der Waals surface area contributed by atoms with E-state index in [4.69, 9.17) is 4.74 Å². The first kappa shape index (κ1) is 15.7. The lowest BCUT2D eigenvalue weighted by Crippen LogP contribution is -2.50. The predicted octanol–water partition coefficient (Wildman–Crippen LogP) is 1.31. The van der Waals surface area contributed by atoms with Crippen LogP contribution in [-0.2, 0) is 9.53 Å². The van der Waals surface area contributed by atoms with Gasteiger partial charge in [0.25, 0.3) is 0 Å². The number of halogens is 1. The van der Waals surface area contributed by atoms with E-state index in [1.807, 2.05) is 36.1 Å². The van der Waals surface area contributed by atoms with Gasteiger partial charge in [-0.1, -0.05) is 6.07 Å². The van der Waals surface area contributed by atoms with E-state index in [2.05, 4.69) is 27.9 Å². The molecule has 0 aliphatic carbocycles. The van der Waals surface area contributed by atoms with Crippen molar-refractivity contribution in [3.63, 3.8) is 0 Å². The molecule has 0 radical (unpaired) electrons. The molecule has 5 nitrogen and oxygen atoms in total. The number of carbonyl (C=O) groups excluding carboxylic acids is 1. The Kier molecular flexibility index (Phi) is 5.76. The maximum atomic E-state index is 12.0. The van der Waals surface area contributed by atoms with Gasteiger partial charge in [0.15, 0.2) is 0 Å². The Labute approximate surface area is 132 Å². The van der Waals surface area contributed by atoms with Crippen LogP contribution < -0.4 is 5.32 Å². The van der Waals surface area contributed by atoms with Crippen LogP contribution in [0, 0.1) is 3.57 Å². The molecule has 6 heteroatoms. The Hall–Kier alpha value is -0.700. The summed E-state index contributed by atoms with van der Waals surface area (Å²) in [6.45, 7) is 3.54. The monoisotopic (exact) mass is 390 g/mol. The summed E-state index contributed by atoms with van der Waals surface area (Å²) in [5, 5.41) is 12.1. The van der Waals surface area contributed by atoms with Crippen molar-refractivity contribution in [1.82, 2.24) is 4.90 Å². The van der Waals surface area contributed by atoms with Crippen LogP contribution in [0.15, 0.2) is 24.3 Å². The summed E-state index contributed by atoms with van der Waals surface area (Å²) in [4.78, 5) is 14.0. The fourth-order valence-corrected chi connectivity index (χ4v) is 2.88. The summed E-state index contributed by atoms with van der Waals surface area (Å²) < 4.78 is 6.64. The van der Waals surface area contributed by atoms with E-state index in [9.17, 15) is 9.90 Å². The third-order valence-electron chi connectivity index (χ3n) is 3.08. The number of aliphatic hydroxyl groups excluding tert-OH is 1. The Morgan fingerprint density at radius 2 is 2.35 bits per heavy atom. The summed E-state index contributed by atoms with van der Waals surface area (Å²) in [5.41, 5.74) is 0.807. The first-order chi connectivity index (χ1) is 9.56. The molecule has 1 fully saturated rings. The Morgan fingerprint density at radius 1 is 1.55 bits per heavy atom. The molecule has 2 N–H and O–H groups in total. The largest absolute Gasteiger partial charge is 0.394 e. The van der Waals surface area contributed by atoms with E-state index in [0.717, 1.165) is 9.26 Å². The van der Waals surface area contributed by atoms with Crippen LogP contribution in [0.2, 0.25) is 0 Å². The number of rotatable bonds is 4. The van der Waals surface area contributed by atoms with Gasteiger partial charge in [0.05, 0.1) is 25.4 Å². The molecule has 1 saturated heterocycles. The van der Waals surface area contributed by atoms with Crippen molar-refractivity contribution in [2.75, 3.05) is 31.6 Å². The lowest BCUT2D eigenvalue weighted by Gasteiger charge is -2.35. The van der Waals surface area contributed by atoms with E-state index < -0.39 is 0 Å². The molecule has 2 unspecified atom stereocenters. The molecule has 2 atom stereocenters. The molecule has 2 rings (SSSR count). The van der Waals surface area contributed by atoms with Gasteiger partial charge in [0, 0.05) is 22.3 Å². The van der Waals surface area contributed by atoms with Crippen molar-refractivity contribution in [3.05, 3.63) is 27.8 Å². The zero-order chi connectivity index (χ0) is 14.5.